The second kappa shape index (κ2) is 11.0. The molecule has 0 saturated heterocycles. The van der Waals surface area contributed by atoms with Crippen LogP contribution in [0.2, 0.25) is 0 Å². The first-order valence-electron chi connectivity index (χ1n) is 8.67. The van der Waals surface area contributed by atoms with Crippen LogP contribution in [0.25, 0.3) is 6.08 Å². The third-order valence-electron chi connectivity index (χ3n) is 3.88. The van der Waals surface area contributed by atoms with Gasteiger partial charge in [0.2, 0.25) is 0 Å². The summed E-state index contributed by atoms with van der Waals surface area (Å²) in [5, 5.41) is 14.3. The molecule has 1 aromatic heterocycles. The van der Waals surface area contributed by atoms with Crippen molar-refractivity contribution in [3.63, 3.8) is 0 Å². The molecule has 0 saturated carbocycles. The lowest BCUT2D eigenvalue weighted by Crippen LogP contribution is -2.44. The summed E-state index contributed by atoms with van der Waals surface area (Å²) in [5.41, 5.74) is 0.513. The zero-order valence-corrected chi connectivity index (χ0v) is 16.8. The van der Waals surface area contributed by atoms with E-state index in [1.165, 1.54) is 37.3 Å². The Balaban J connectivity index is 2.26. The maximum Gasteiger partial charge on any atom is 0.326 e. The maximum atomic E-state index is 12.7. The van der Waals surface area contributed by atoms with E-state index in [1.54, 1.807) is 30.3 Å². The van der Waals surface area contributed by atoms with Crippen LogP contribution in [0.1, 0.15) is 22.5 Å². The molecular formula is C20H22N2O6S. The summed E-state index contributed by atoms with van der Waals surface area (Å²) in [6.45, 7) is 0. The monoisotopic (exact) mass is 418 g/mol. The fourth-order valence-corrected chi connectivity index (χ4v) is 2.82. The molecule has 0 radical (unpaired) electrons. The Bertz CT molecular complexity index is 862. The Labute approximate surface area is 172 Å². The van der Waals surface area contributed by atoms with Crippen molar-refractivity contribution in [2.45, 2.75) is 12.5 Å². The predicted octanol–water partition coefficient (Wildman–Crippen LogP) is 2.38. The van der Waals surface area contributed by atoms with E-state index in [0.29, 0.717) is 17.1 Å². The Morgan fingerprint density at radius 1 is 1.24 bits per heavy atom. The standard InChI is InChI=1S/C20H22N2O6S/c1-27-14-7-5-13(6-8-14)12-16(22-19(24)17-4-3-10-28-17)18(23)21-15(20(25)26)9-11-29-2/h3-8,10,12,15H,9,11H2,1-2H3,(H,21,23)(H,22,24)(H,25,26)/b16-12-. The zero-order valence-electron chi connectivity index (χ0n) is 16.0. The van der Waals surface area contributed by atoms with Crippen LogP contribution in [0.3, 0.4) is 0 Å². The molecule has 0 bridgehead atoms. The van der Waals surface area contributed by atoms with Gasteiger partial charge in [0.1, 0.15) is 17.5 Å². The third kappa shape index (κ3) is 6.72. The number of benzene rings is 1. The fraction of sp³-hybridized carbons (Fsp3) is 0.250. The summed E-state index contributed by atoms with van der Waals surface area (Å²) in [6.07, 6.45) is 4.89. The van der Waals surface area contributed by atoms with Crippen molar-refractivity contribution >= 4 is 35.6 Å². The minimum atomic E-state index is -1.14. The van der Waals surface area contributed by atoms with Crippen molar-refractivity contribution in [2.75, 3.05) is 19.1 Å². The minimum Gasteiger partial charge on any atom is -0.497 e. The van der Waals surface area contributed by atoms with Gasteiger partial charge in [-0.15, -0.1) is 0 Å². The molecule has 3 N–H and O–H groups in total. The first-order valence-corrected chi connectivity index (χ1v) is 10.1. The molecule has 2 aromatic rings. The van der Waals surface area contributed by atoms with Gasteiger partial charge in [-0.3, -0.25) is 9.59 Å². The van der Waals surface area contributed by atoms with E-state index < -0.39 is 23.8 Å². The zero-order chi connectivity index (χ0) is 21.2. The molecule has 2 rings (SSSR count). The van der Waals surface area contributed by atoms with E-state index in [4.69, 9.17) is 9.15 Å². The Morgan fingerprint density at radius 2 is 1.97 bits per heavy atom. The summed E-state index contributed by atoms with van der Waals surface area (Å²) < 4.78 is 10.1. The average molecular weight is 418 g/mol. The maximum absolute atomic E-state index is 12.7. The SMILES string of the molecule is COc1ccc(/C=C(\NC(=O)c2ccco2)C(=O)NC(CCSC)C(=O)O)cc1. The van der Waals surface area contributed by atoms with Gasteiger partial charge in [0.05, 0.1) is 13.4 Å². The van der Waals surface area contributed by atoms with Crippen molar-refractivity contribution < 1.29 is 28.6 Å². The topological polar surface area (TPSA) is 118 Å². The Kier molecular flexibility index (Phi) is 8.35. The van der Waals surface area contributed by atoms with Gasteiger partial charge in [0.25, 0.3) is 11.8 Å². The highest BCUT2D eigenvalue weighted by molar-refractivity contribution is 7.98. The molecule has 29 heavy (non-hydrogen) atoms. The van der Waals surface area contributed by atoms with Gasteiger partial charge < -0.3 is 24.9 Å². The van der Waals surface area contributed by atoms with Gasteiger partial charge >= 0.3 is 5.97 Å². The van der Waals surface area contributed by atoms with Gasteiger partial charge in [-0.1, -0.05) is 12.1 Å². The average Bonchev–Trinajstić information content (AvgIpc) is 3.25. The van der Waals surface area contributed by atoms with Crippen LogP contribution >= 0.6 is 11.8 Å². The molecule has 1 unspecified atom stereocenters. The Hall–Kier alpha value is -3.20. The molecule has 0 aliphatic carbocycles. The van der Waals surface area contributed by atoms with Gasteiger partial charge in [0.15, 0.2) is 5.76 Å². The summed E-state index contributed by atoms with van der Waals surface area (Å²) in [4.78, 5) is 36.5. The lowest BCUT2D eigenvalue weighted by Gasteiger charge is -2.16. The molecule has 2 amide bonds. The van der Waals surface area contributed by atoms with E-state index in [-0.39, 0.29) is 17.9 Å². The highest BCUT2D eigenvalue weighted by Gasteiger charge is 2.23. The molecule has 154 valence electrons. The lowest BCUT2D eigenvalue weighted by atomic mass is 10.1. The predicted molar refractivity (Wildman–Crippen MR) is 110 cm³/mol. The largest absolute Gasteiger partial charge is 0.497 e. The number of furan rings is 1. The first-order chi connectivity index (χ1) is 13.9. The summed E-state index contributed by atoms with van der Waals surface area (Å²) in [7, 11) is 1.54. The van der Waals surface area contributed by atoms with E-state index in [1.807, 2.05) is 6.26 Å². The second-order valence-electron chi connectivity index (χ2n) is 5.91. The number of thioether (sulfide) groups is 1. The van der Waals surface area contributed by atoms with E-state index in [9.17, 15) is 19.5 Å². The van der Waals surface area contributed by atoms with Crippen molar-refractivity contribution in [3.8, 4) is 5.75 Å². The number of carboxylic acid groups (broad SMARTS) is 1. The van der Waals surface area contributed by atoms with Crippen LogP contribution in [0.5, 0.6) is 5.75 Å². The van der Waals surface area contributed by atoms with Crippen LogP contribution in [0.4, 0.5) is 0 Å². The van der Waals surface area contributed by atoms with E-state index in [0.717, 1.165) is 0 Å². The summed E-state index contributed by atoms with van der Waals surface area (Å²) in [5.74, 6) is -1.26. The molecular weight excluding hydrogens is 396 g/mol. The fourth-order valence-electron chi connectivity index (χ4n) is 2.35. The second-order valence-corrected chi connectivity index (χ2v) is 6.89. The number of amides is 2. The number of nitrogens with one attached hydrogen (secondary N) is 2. The Morgan fingerprint density at radius 3 is 2.52 bits per heavy atom. The molecule has 0 fully saturated rings. The summed E-state index contributed by atoms with van der Waals surface area (Å²) >= 11 is 1.47. The van der Waals surface area contributed by atoms with E-state index >= 15 is 0 Å². The van der Waals surface area contributed by atoms with Crippen LogP contribution in [0.15, 0.2) is 52.8 Å². The van der Waals surface area contributed by atoms with Gasteiger partial charge in [-0.2, -0.15) is 11.8 Å². The normalized spacial score (nSPS) is 12.1. The minimum absolute atomic E-state index is 0.0237. The van der Waals surface area contributed by atoms with Crippen molar-refractivity contribution in [3.05, 3.63) is 59.7 Å². The highest BCUT2D eigenvalue weighted by atomic mass is 32.2. The molecule has 1 atom stereocenters. The van der Waals surface area contributed by atoms with E-state index in [2.05, 4.69) is 10.6 Å². The number of methoxy groups -OCH3 is 1. The number of aliphatic carboxylic acids is 1. The third-order valence-corrected chi connectivity index (χ3v) is 4.52. The smallest absolute Gasteiger partial charge is 0.326 e. The molecule has 0 aliphatic rings. The number of carbonyl (C=O) groups is 3. The number of hydrogen-bond acceptors (Lipinski definition) is 6. The quantitative estimate of drug-likeness (QED) is 0.507. The number of ether oxygens (including phenoxy) is 1. The molecule has 9 heteroatoms. The lowest BCUT2D eigenvalue weighted by molar-refractivity contribution is -0.141. The molecule has 0 spiro atoms. The first kappa shape index (κ1) is 22.1. The summed E-state index contributed by atoms with van der Waals surface area (Å²) in [6, 6.07) is 8.74. The van der Waals surface area contributed by atoms with Crippen LogP contribution in [-0.4, -0.2) is 48.1 Å². The van der Waals surface area contributed by atoms with Crippen molar-refractivity contribution in [1.82, 2.24) is 10.6 Å². The van der Waals surface area contributed by atoms with Gasteiger partial charge in [0, 0.05) is 0 Å². The molecule has 1 aromatic carbocycles. The van der Waals surface area contributed by atoms with Crippen LogP contribution in [-0.2, 0) is 9.59 Å². The number of rotatable bonds is 10. The number of hydrogen-bond donors (Lipinski definition) is 3. The van der Waals surface area contributed by atoms with Crippen molar-refractivity contribution in [2.24, 2.45) is 0 Å². The number of carboxylic acids is 1. The number of carbonyl (C=O) groups excluding carboxylic acids is 2. The van der Waals surface area contributed by atoms with Crippen molar-refractivity contribution in [1.29, 1.82) is 0 Å². The van der Waals surface area contributed by atoms with Gasteiger partial charge in [-0.25, -0.2) is 4.79 Å². The molecule has 0 aliphatic heterocycles. The van der Waals surface area contributed by atoms with Crippen LogP contribution in [0, 0.1) is 0 Å². The molecule has 1 heterocycles. The molecule has 8 nitrogen and oxygen atoms in total. The van der Waals surface area contributed by atoms with Gasteiger partial charge in [-0.05, 0) is 54.3 Å². The van der Waals surface area contributed by atoms with Crippen LogP contribution < -0.4 is 15.4 Å². The highest BCUT2D eigenvalue weighted by Crippen LogP contribution is 2.14.